The van der Waals surface area contributed by atoms with E-state index in [0.29, 0.717) is 32.1 Å². The minimum Gasteiger partial charge on any atom is -0.396 e. The molecule has 10 heteroatoms. The van der Waals surface area contributed by atoms with Crippen molar-refractivity contribution in [1.29, 1.82) is 0 Å². The van der Waals surface area contributed by atoms with Crippen LogP contribution >= 0.6 is 0 Å². The first-order valence-electron chi connectivity index (χ1n) is 10.2. The van der Waals surface area contributed by atoms with Gasteiger partial charge in [-0.15, -0.1) is 0 Å². The number of aliphatic hydroxyl groups is 1. The summed E-state index contributed by atoms with van der Waals surface area (Å²) in [7, 11) is 0. The molecule has 1 aliphatic carbocycles. The summed E-state index contributed by atoms with van der Waals surface area (Å²) in [5.41, 5.74) is -0.918. The zero-order valence-electron chi connectivity index (χ0n) is 16.9. The third kappa shape index (κ3) is 7.68. The number of nitrogens with one attached hydrogen (secondary N) is 3. The Labute approximate surface area is 169 Å². The van der Waals surface area contributed by atoms with Gasteiger partial charge in [0.15, 0.2) is 5.96 Å². The van der Waals surface area contributed by atoms with E-state index in [-0.39, 0.29) is 18.0 Å². The largest absolute Gasteiger partial charge is 0.433 e. The van der Waals surface area contributed by atoms with Crippen LogP contribution in [0.1, 0.15) is 51.1 Å². The predicted molar refractivity (Wildman–Crippen MR) is 107 cm³/mol. The van der Waals surface area contributed by atoms with Gasteiger partial charge in [-0.1, -0.05) is 19.3 Å². The molecule has 1 heterocycles. The van der Waals surface area contributed by atoms with Crippen LogP contribution in [-0.4, -0.2) is 53.8 Å². The summed E-state index contributed by atoms with van der Waals surface area (Å²) in [6, 6.07) is 0.840. The number of aliphatic hydroxyl groups excluding tert-OH is 1. The minimum atomic E-state index is -4.49. The number of alkyl halides is 3. The molecule has 0 radical (unpaired) electrons. The number of nitrogens with zero attached hydrogens (tertiary/aromatic N) is 3. The van der Waals surface area contributed by atoms with Gasteiger partial charge in [0, 0.05) is 39.0 Å². The van der Waals surface area contributed by atoms with Crippen LogP contribution in [0.5, 0.6) is 0 Å². The lowest BCUT2D eigenvalue weighted by atomic mass is 9.72. The molecule has 29 heavy (non-hydrogen) atoms. The van der Waals surface area contributed by atoms with E-state index in [1.54, 1.807) is 0 Å². The van der Waals surface area contributed by atoms with Crippen molar-refractivity contribution >= 4 is 11.9 Å². The van der Waals surface area contributed by atoms with E-state index in [4.69, 9.17) is 4.99 Å². The summed E-state index contributed by atoms with van der Waals surface area (Å²) in [4.78, 5) is 12.0. The highest BCUT2D eigenvalue weighted by molar-refractivity contribution is 5.79. The highest BCUT2D eigenvalue weighted by Crippen LogP contribution is 2.39. The Morgan fingerprint density at radius 3 is 2.62 bits per heavy atom. The van der Waals surface area contributed by atoms with E-state index >= 15 is 0 Å². The van der Waals surface area contributed by atoms with Crippen molar-refractivity contribution in [3.63, 3.8) is 0 Å². The molecule has 164 valence electrons. The fraction of sp³-hybridized carbons (Fsp3) is 0.737. The Bertz CT molecular complexity index is 642. The first-order valence-corrected chi connectivity index (χ1v) is 10.2. The van der Waals surface area contributed by atoms with Gasteiger partial charge >= 0.3 is 6.18 Å². The number of hydrogen-bond acceptors (Lipinski definition) is 5. The molecule has 1 saturated carbocycles. The molecular formula is C19H31F3N6O. The molecule has 0 unspecified atom stereocenters. The molecule has 0 aliphatic heterocycles. The van der Waals surface area contributed by atoms with Gasteiger partial charge in [-0.25, -0.2) is 9.97 Å². The Hall–Kier alpha value is -2.10. The summed E-state index contributed by atoms with van der Waals surface area (Å²) in [5, 5.41) is 18.6. The van der Waals surface area contributed by atoms with Crippen molar-refractivity contribution in [3.8, 4) is 0 Å². The highest BCUT2D eigenvalue weighted by atomic mass is 19.4. The molecule has 1 aromatic heterocycles. The number of hydrogen-bond donors (Lipinski definition) is 4. The highest BCUT2D eigenvalue weighted by Gasteiger charge is 2.33. The van der Waals surface area contributed by atoms with E-state index in [1.807, 2.05) is 6.92 Å². The van der Waals surface area contributed by atoms with Gasteiger partial charge in [0.05, 0.1) is 0 Å². The fourth-order valence-electron chi connectivity index (χ4n) is 3.57. The van der Waals surface area contributed by atoms with Gasteiger partial charge in [0.2, 0.25) is 5.95 Å². The molecule has 1 fully saturated rings. The van der Waals surface area contributed by atoms with Crippen LogP contribution in [0.15, 0.2) is 17.3 Å². The van der Waals surface area contributed by atoms with Crippen LogP contribution in [0.25, 0.3) is 0 Å². The lowest BCUT2D eigenvalue weighted by Crippen LogP contribution is -2.41. The average molecular weight is 416 g/mol. The fourth-order valence-corrected chi connectivity index (χ4v) is 3.57. The summed E-state index contributed by atoms with van der Waals surface area (Å²) in [6.45, 7) is 4.26. The Morgan fingerprint density at radius 2 is 1.97 bits per heavy atom. The number of anilines is 1. The van der Waals surface area contributed by atoms with Crippen LogP contribution < -0.4 is 16.0 Å². The van der Waals surface area contributed by atoms with Gasteiger partial charge < -0.3 is 21.1 Å². The molecule has 0 atom stereocenters. The maximum Gasteiger partial charge on any atom is 0.433 e. The Kier molecular flexibility index (Phi) is 8.94. The second-order valence-corrected chi connectivity index (χ2v) is 7.35. The normalized spacial score (nSPS) is 17.1. The topological polar surface area (TPSA) is 94.5 Å². The molecule has 7 nitrogen and oxygen atoms in total. The number of aromatic nitrogens is 2. The number of rotatable bonds is 9. The van der Waals surface area contributed by atoms with E-state index in [2.05, 4.69) is 25.9 Å². The second kappa shape index (κ2) is 11.2. The first-order chi connectivity index (χ1) is 13.9. The van der Waals surface area contributed by atoms with Gasteiger partial charge in [-0.05, 0) is 37.7 Å². The monoisotopic (exact) mass is 416 g/mol. The predicted octanol–water partition coefficient (Wildman–Crippen LogP) is 2.80. The van der Waals surface area contributed by atoms with Crippen molar-refractivity contribution in [2.75, 3.05) is 38.1 Å². The lowest BCUT2D eigenvalue weighted by Gasteiger charge is -2.35. The second-order valence-electron chi connectivity index (χ2n) is 7.35. The standard InChI is InChI=1S/C19H31F3N6O/c1-2-23-16(27-14-18(9-13-29)7-4-3-5-8-18)25-11-12-26-17-24-10-6-15(28-17)19(20,21)22/h6,10,29H,2-5,7-9,11-14H2,1H3,(H2,23,25,27)(H,24,26,28). The summed E-state index contributed by atoms with van der Waals surface area (Å²) in [6.07, 6.45) is 3.06. The average Bonchev–Trinajstić information content (AvgIpc) is 2.70. The van der Waals surface area contributed by atoms with Crippen molar-refractivity contribution in [3.05, 3.63) is 18.0 Å². The van der Waals surface area contributed by atoms with Gasteiger partial charge in [-0.2, -0.15) is 13.2 Å². The third-order valence-electron chi connectivity index (χ3n) is 5.12. The molecular weight excluding hydrogens is 385 g/mol. The van der Waals surface area contributed by atoms with Crippen molar-refractivity contribution in [1.82, 2.24) is 20.6 Å². The van der Waals surface area contributed by atoms with Gasteiger partial charge in [-0.3, -0.25) is 4.99 Å². The van der Waals surface area contributed by atoms with Crippen LogP contribution in [0.2, 0.25) is 0 Å². The molecule has 2 rings (SSSR count). The van der Waals surface area contributed by atoms with Crippen molar-refractivity contribution in [2.45, 2.75) is 51.6 Å². The van der Waals surface area contributed by atoms with Crippen LogP contribution in [0.3, 0.4) is 0 Å². The van der Waals surface area contributed by atoms with Crippen LogP contribution in [0.4, 0.5) is 19.1 Å². The molecule has 0 aromatic carbocycles. The third-order valence-corrected chi connectivity index (χ3v) is 5.12. The van der Waals surface area contributed by atoms with E-state index in [9.17, 15) is 18.3 Å². The molecule has 1 aliphatic rings. The summed E-state index contributed by atoms with van der Waals surface area (Å²) >= 11 is 0. The van der Waals surface area contributed by atoms with Gasteiger partial charge in [0.25, 0.3) is 0 Å². The molecule has 0 saturated heterocycles. The van der Waals surface area contributed by atoms with E-state index < -0.39 is 11.9 Å². The summed E-state index contributed by atoms with van der Waals surface area (Å²) in [5.74, 6) is 0.592. The molecule has 0 spiro atoms. The van der Waals surface area contributed by atoms with Crippen LogP contribution in [0, 0.1) is 5.41 Å². The first kappa shape index (κ1) is 23.2. The van der Waals surface area contributed by atoms with E-state index in [0.717, 1.165) is 31.5 Å². The number of aliphatic imine (C=N–C) groups is 1. The zero-order valence-corrected chi connectivity index (χ0v) is 16.9. The SMILES string of the molecule is CCNC(=NCC1(CCO)CCCCC1)NCCNc1nccc(C(F)(F)F)n1. The quantitative estimate of drug-likeness (QED) is 0.281. The maximum absolute atomic E-state index is 12.7. The minimum absolute atomic E-state index is 0.0550. The smallest absolute Gasteiger partial charge is 0.396 e. The Balaban J connectivity index is 1.86. The van der Waals surface area contributed by atoms with Crippen molar-refractivity contribution in [2.24, 2.45) is 10.4 Å². The molecule has 0 bridgehead atoms. The zero-order chi connectivity index (χ0) is 21.2. The molecule has 0 amide bonds. The van der Waals surface area contributed by atoms with E-state index in [1.165, 1.54) is 19.3 Å². The molecule has 4 N–H and O–H groups in total. The summed E-state index contributed by atoms with van der Waals surface area (Å²) < 4.78 is 38.1. The van der Waals surface area contributed by atoms with Crippen molar-refractivity contribution < 1.29 is 18.3 Å². The lowest BCUT2D eigenvalue weighted by molar-refractivity contribution is -0.141. The number of halogens is 3. The maximum atomic E-state index is 12.7. The van der Waals surface area contributed by atoms with Crippen LogP contribution in [-0.2, 0) is 6.18 Å². The van der Waals surface area contributed by atoms with Gasteiger partial charge in [0.1, 0.15) is 5.69 Å². The molecule has 1 aromatic rings. The Morgan fingerprint density at radius 1 is 1.21 bits per heavy atom. The number of guanidine groups is 1.